The standard InChI is InChI=1S/C9H9BN2S/c1-10-8-2-3-13-9(8)4-7-5-11-6-12-7/h2-3,5-6H,1,4H2,(H,11,12). The summed E-state index contributed by atoms with van der Waals surface area (Å²) >= 11 is 1.75. The fraction of sp³-hybridized carbons (Fsp3) is 0.111. The molecule has 0 aromatic carbocycles. The molecule has 2 aromatic heterocycles. The summed E-state index contributed by atoms with van der Waals surface area (Å²) in [5.41, 5.74) is 2.37. The molecule has 2 rings (SSSR count). The zero-order valence-electron chi connectivity index (χ0n) is 7.16. The maximum absolute atomic E-state index is 3.98. The van der Waals surface area contributed by atoms with Gasteiger partial charge in [-0.15, -0.1) is 0 Å². The number of H-pyrrole nitrogens is 1. The summed E-state index contributed by atoms with van der Waals surface area (Å²) in [5.74, 6) is 0. The van der Waals surface area contributed by atoms with Crippen molar-refractivity contribution in [3.63, 3.8) is 0 Å². The molecule has 0 unspecified atom stereocenters. The monoisotopic (exact) mass is 188 g/mol. The zero-order chi connectivity index (χ0) is 9.10. The number of nitrogens with zero attached hydrogens (tertiary/aromatic N) is 1. The molecule has 0 atom stereocenters. The molecule has 0 saturated carbocycles. The van der Waals surface area contributed by atoms with Gasteiger partial charge in [-0.3, -0.25) is 0 Å². The number of imidazole rings is 1. The molecule has 0 fully saturated rings. The summed E-state index contributed by atoms with van der Waals surface area (Å²) in [5, 5.41) is 2.09. The molecule has 0 amide bonds. The van der Waals surface area contributed by atoms with E-state index in [-0.39, 0.29) is 0 Å². The van der Waals surface area contributed by atoms with Crippen molar-refractivity contribution in [2.45, 2.75) is 6.42 Å². The van der Waals surface area contributed by atoms with Crippen molar-refractivity contribution in [1.82, 2.24) is 9.97 Å². The van der Waals surface area contributed by atoms with Crippen LogP contribution in [0.1, 0.15) is 10.6 Å². The third-order valence-electron chi connectivity index (χ3n) is 1.91. The van der Waals surface area contributed by atoms with Gasteiger partial charge >= 0.3 is 81.1 Å². The van der Waals surface area contributed by atoms with Gasteiger partial charge < -0.3 is 0 Å². The first-order valence-corrected chi connectivity index (χ1v) is 4.94. The van der Waals surface area contributed by atoms with Gasteiger partial charge in [0.05, 0.1) is 0 Å². The molecule has 2 nitrogen and oxygen atoms in total. The van der Waals surface area contributed by atoms with E-state index in [9.17, 15) is 0 Å². The Morgan fingerprint density at radius 3 is 3.23 bits per heavy atom. The molecule has 0 bridgehead atoms. The van der Waals surface area contributed by atoms with E-state index in [1.54, 1.807) is 17.7 Å². The topological polar surface area (TPSA) is 28.7 Å². The Kier molecular flexibility index (Phi) is 2.41. The summed E-state index contributed by atoms with van der Waals surface area (Å²) in [6.45, 7) is 5.66. The Morgan fingerprint density at radius 1 is 1.62 bits per heavy atom. The van der Waals surface area contributed by atoms with Crippen LogP contribution in [-0.2, 0) is 6.42 Å². The van der Waals surface area contributed by atoms with E-state index in [1.165, 1.54) is 10.3 Å². The number of rotatable bonds is 3. The number of aromatic amines is 1. The van der Waals surface area contributed by atoms with E-state index in [0.29, 0.717) is 0 Å². The molecular weight excluding hydrogens is 179 g/mol. The van der Waals surface area contributed by atoms with Crippen molar-refractivity contribution in [2.75, 3.05) is 0 Å². The average Bonchev–Trinajstić information content (AvgIpc) is 2.76. The second-order valence-electron chi connectivity index (χ2n) is 2.76. The van der Waals surface area contributed by atoms with Gasteiger partial charge in [0, 0.05) is 0 Å². The summed E-state index contributed by atoms with van der Waals surface area (Å²) < 4.78 is 0. The molecular formula is C9H9BN2S. The first kappa shape index (κ1) is 8.44. The first-order valence-electron chi connectivity index (χ1n) is 4.06. The molecule has 0 aliphatic carbocycles. The molecule has 4 heteroatoms. The van der Waals surface area contributed by atoms with Gasteiger partial charge in [-0.1, -0.05) is 0 Å². The van der Waals surface area contributed by atoms with Crippen molar-refractivity contribution in [1.29, 1.82) is 0 Å². The van der Waals surface area contributed by atoms with Crippen molar-refractivity contribution >= 4 is 30.2 Å². The third kappa shape index (κ3) is 1.78. The van der Waals surface area contributed by atoms with E-state index in [1.807, 2.05) is 13.1 Å². The Morgan fingerprint density at radius 2 is 2.54 bits per heavy atom. The molecule has 0 spiro atoms. The third-order valence-corrected chi connectivity index (χ3v) is 2.84. The molecule has 0 aliphatic heterocycles. The minimum absolute atomic E-state index is 0.916. The van der Waals surface area contributed by atoms with Crippen molar-refractivity contribution in [2.24, 2.45) is 0 Å². The van der Waals surface area contributed by atoms with E-state index in [2.05, 4.69) is 27.9 Å². The average molecular weight is 188 g/mol. The van der Waals surface area contributed by atoms with E-state index >= 15 is 0 Å². The van der Waals surface area contributed by atoms with Gasteiger partial charge in [-0.05, 0) is 0 Å². The quantitative estimate of drug-likeness (QED) is 0.710. The Bertz CT molecular complexity index is 391. The first-order chi connectivity index (χ1) is 6.40. The summed E-state index contributed by atoms with van der Waals surface area (Å²) in [4.78, 5) is 8.40. The van der Waals surface area contributed by atoms with Crippen LogP contribution in [0.15, 0.2) is 24.0 Å². The van der Waals surface area contributed by atoms with Crippen LogP contribution in [0, 0.1) is 0 Å². The second kappa shape index (κ2) is 3.70. The van der Waals surface area contributed by atoms with E-state index in [0.717, 1.165) is 12.1 Å². The fourth-order valence-electron chi connectivity index (χ4n) is 1.23. The maximum atomic E-state index is 3.98. The Hall–Kier alpha value is -1.16. The van der Waals surface area contributed by atoms with E-state index in [4.69, 9.17) is 0 Å². The molecule has 0 aliphatic rings. The number of hydrogen-bond donors (Lipinski definition) is 1. The number of hydrogen-bond acceptors (Lipinski definition) is 2. The molecule has 64 valence electrons. The minimum atomic E-state index is 0.916. The van der Waals surface area contributed by atoms with E-state index < -0.39 is 0 Å². The number of nitrogens with one attached hydrogen (secondary N) is 1. The van der Waals surface area contributed by atoms with Crippen LogP contribution < -0.4 is 5.46 Å². The van der Waals surface area contributed by atoms with Crippen LogP contribution in [0.4, 0.5) is 0 Å². The zero-order valence-corrected chi connectivity index (χ0v) is 7.97. The summed E-state index contributed by atoms with van der Waals surface area (Å²) in [6.07, 6.45) is 4.47. The second-order valence-corrected chi connectivity index (χ2v) is 3.76. The molecule has 2 heterocycles. The van der Waals surface area contributed by atoms with Crippen LogP contribution in [0.3, 0.4) is 0 Å². The van der Waals surface area contributed by atoms with Crippen LogP contribution in [0.2, 0.25) is 0 Å². The van der Waals surface area contributed by atoms with Crippen molar-refractivity contribution in [3.05, 3.63) is 34.5 Å². The predicted octanol–water partition coefficient (Wildman–Crippen LogP) is 0.823. The SMILES string of the molecule is C=Bc1ccsc1Cc1cnc[nH]1. The number of thiophene rings is 1. The Balaban J connectivity index is 2.23. The predicted molar refractivity (Wildman–Crippen MR) is 58.2 cm³/mol. The molecule has 0 radical (unpaired) electrons. The summed E-state index contributed by atoms with van der Waals surface area (Å²) in [7, 11) is 0. The van der Waals surface area contributed by atoms with Gasteiger partial charge in [0.2, 0.25) is 0 Å². The summed E-state index contributed by atoms with van der Waals surface area (Å²) in [6, 6.07) is 2.09. The van der Waals surface area contributed by atoms with Crippen LogP contribution in [-0.4, -0.2) is 23.4 Å². The molecule has 2 aromatic rings. The van der Waals surface area contributed by atoms with Gasteiger partial charge in [0.15, 0.2) is 0 Å². The van der Waals surface area contributed by atoms with Gasteiger partial charge in [-0.2, -0.15) is 0 Å². The van der Waals surface area contributed by atoms with Gasteiger partial charge in [0.1, 0.15) is 0 Å². The molecule has 0 saturated heterocycles. The normalized spacial score (nSPS) is 9.85. The number of aromatic nitrogens is 2. The van der Waals surface area contributed by atoms with Crippen LogP contribution in [0.5, 0.6) is 0 Å². The van der Waals surface area contributed by atoms with Crippen molar-refractivity contribution < 1.29 is 0 Å². The van der Waals surface area contributed by atoms with Crippen LogP contribution in [0.25, 0.3) is 0 Å². The van der Waals surface area contributed by atoms with Gasteiger partial charge in [0.25, 0.3) is 0 Å². The Labute approximate surface area is 81.6 Å². The van der Waals surface area contributed by atoms with Crippen molar-refractivity contribution in [3.8, 4) is 0 Å². The van der Waals surface area contributed by atoms with Gasteiger partial charge in [-0.25, -0.2) is 0 Å². The molecule has 1 N–H and O–H groups in total. The molecule has 13 heavy (non-hydrogen) atoms. The fourth-order valence-corrected chi connectivity index (χ4v) is 2.14. The van der Waals surface area contributed by atoms with Crippen LogP contribution >= 0.6 is 11.3 Å².